The molecule has 2 amide bonds. The van der Waals surface area contributed by atoms with E-state index in [4.69, 9.17) is 14.2 Å². The number of hydrogen-bond acceptors (Lipinski definition) is 9. The van der Waals surface area contributed by atoms with Gasteiger partial charge in [-0.05, 0) is 32.9 Å². The van der Waals surface area contributed by atoms with E-state index in [0.717, 1.165) is 0 Å². The third-order valence-corrected chi connectivity index (χ3v) is 5.16. The number of anilines is 1. The third-order valence-electron chi connectivity index (χ3n) is 5.16. The molecule has 0 bridgehead atoms. The number of ether oxygens (including phenoxy) is 3. The van der Waals surface area contributed by atoms with Crippen LogP contribution < -0.4 is 10.6 Å². The summed E-state index contributed by atoms with van der Waals surface area (Å²) in [6.07, 6.45) is -2.91. The lowest BCUT2D eigenvalue weighted by atomic mass is 10.00. The monoisotopic (exact) mass is 464 g/mol. The van der Waals surface area contributed by atoms with Crippen LogP contribution in [-0.2, 0) is 33.4 Å². The lowest BCUT2D eigenvalue weighted by Gasteiger charge is -2.27. The van der Waals surface area contributed by atoms with Crippen molar-refractivity contribution in [1.82, 2.24) is 5.32 Å². The van der Waals surface area contributed by atoms with Crippen molar-refractivity contribution in [3.05, 3.63) is 23.8 Å². The first-order valence-corrected chi connectivity index (χ1v) is 10.4. The molecule has 1 heterocycles. The number of hydrogen-bond donors (Lipinski definition) is 3. The van der Waals surface area contributed by atoms with Crippen molar-refractivity contribution in [2.45, 2.75) is 59.0 Å². The second-order valence-corrected chi connectivity index (χ2v) is 8.04. The zero-order valence-electron chi connectivity index (χ0n) is 19.0. The number of amides is 2. The third kappa shape index (κ3) is 5.99. The molecule has 1 aromatic carbocycles. The summed E-state index contributed by atoms with van der Waals surface area (Å²) in [5.41, 5.74) is -0.232. The van der Waals surface area contributed by atoms with Crippen molar-refractivity contribution < 1.29 is 43.3 Å². The number of carbonyl (C=O) groups is 5. The maximum absolute atomic E-state index is 12.9. The summed E-state index contributed by atoms with van der Waals surface area (Å²) >= 11 is 0. The Bertz CT molecular complexity index is 930. The summed E-state index contributed by atoms with van der Waals surface area (Å²) in [6.45, 7) is 7.60. The highest BCUT2D eigenvalue weighted by atomic mass is 16.6. The maximum atomic E-state index is 12.9. The van der Waals surface area contributed by atoms with Crippen molar-refractivity contribution in [1.29, 1.82) is 0 Å². The van der Waals surface area contributed by atoms with Gasteiger partial charge in [0.15, 0.2) is 17.9 Å². The van der Waals surface area contributed by atoms with Crippen molar-refractivity contribution in [2.24, 2.45) is 11.8 Å². The Labute approximate surface area is 190 Å². The Hall–Kier alpha value is -3.63. The van der Waals surface area contributed by atoms with Crippen molar-refractivity contribution in [2.75, 3.05) is 5.32 Å². The van der Waals surface area contributed by atoms with Crippen LogP contribution in [0.5, 0.6) is 5.75 Å². The number of carbonyl (C=O) groups excluding carboxylic acids is 5. The van der Waals surface area contributed by atoms with Crippen LogP contribution in [0.2, 0.25) is 0 Å². The van der Waals surface area contributed by atoms with Crippen LogP contribution in [0.1, 0.15) is 45.0 Å². The molecule has 1 aliphatic heterocycles. The van der Waals surface area contributed by atoms with E-state index in [9.17, 15) is 29.1 Å². The first-order valence-electron chi connectivity index (χ1n) is 10.4. The van der Waals surface area contributed by atoms with Gasteiger partial charge in [0.05, 0.1) is 23.1 Å². The smallest absolute Gasteiger partial charge is 0.332 e. The van der Waals surface area contributed by atoms with Crippen molar-refractivity contribution >= 4 is 35.9 Å². The molecule has 1 saturated heterocycles. The Morgan fingerprint density at radius 3 is 2.33 bits per heavy atom. The quantitative estimate of drug-likeness (QED) is 0.243. The second kappa shape index (κ2) is 10.8. The number of phenols is 1. The van der Waals surface area contributed by atoms with Gasteiger partial charge in [-0.1, -0.05) is 19.9 Å². The van der Waals surface area contributed by atoms with Gasteiger partial charge in [0.25, 0.3) is 5.91 Å². The molecule has 33 heavy (non-hydrogen) atoms. The van der Waals surface area contributed by atoms with Crippen molar-refractivity contribution in [3.8, 4) is 5.75 Å². The zero-order chi connectivity index (χ0) is 24.9. The molecule has 0 aromatic heterocycles. The van der Waals surface area contributed by atoms with Gasteiger partial charge < -0.3 is 30.0 Å². The molecular weight excluding hydrogens is 436 g/mol. The van der Waals surface area contributed by atoms with E-state index in [1.165, 1.54) is 39.0 Å². The number of cyclic esters (lactones) is 2. The largest absolute Gasteiger partial charge is 0.505 e. The van der Waals surface area contributed by atoms with Gasteiger partial charge in [0.1, 0.15) is 12.2 Å². The summed E-state index contributed by atoms with van der Waals surface area (Å²) < 4.78 is 16.1. The standard InChI is InChI=1S/C22H28N2O9/c1-10(2)20(28)33-18-11(3)21(29)31-12(4)16(22(30)32-13(18)5)24-19(27)14-7-6-8-15(17(14)26)23-9-25/h6-13,16,18,26H,1-5H3,(H,23,25)(H,24,27)/t11-,12-,13+,16-,18+/m1/s1. The zero-order valence-corrected chi connectivity index (χ0v) is 19.0. The van der Waals surface area contributed by atoms with E-state index in [0.29, 0.717) is 6.41 Å². The molecule has 0 spiro atoms. The van der Waals surface area contributed by atoms with E-state index in [1.54, 1.807) is 13.8 Å². The Morgan fingerprint density at radius 2 is 1.73 bits per heavy atom. The van der Waals surface area contributed by atoms with E-state index >= 15 is 0 Å². The van der Waals surface area contributed by atoms with Crippen LogP contribution in [-0.4, -0.2) is 59.7 Å². The molecule has 3 N–H and O–H groups in total. The number of rotatable bonds is 6. The highest BCUT2D eigenvalue weighted by molar-refractivity contribution is 6.01. The first-order chi connectivity index (χ1) is 15.5. The maximum Gasteiger partial charge on any atom is 0.332 e. The van der Waals surface area contributed by atoms with Gasteiger partial charge in [-0.2, -0.15) is 0 Å². The number of esters is 3. The summed E-state index contributed by atoms with van der Waals surface area (Å²) in [4.78, 5) is 61.0. The predicted octanol–water partition coefficient (Wildman–Crippen LogP) is 1.14. The van der Waals surface area contributed by atoms with E-state index < -0.39 is 65.8 Å². The number of benzene rings is 1. The molecule has 2 rings (SSSR count). The van der Waals surface area contributed by atoms with Crippen LogP contribution in [0, 0.1) is 11.8 Å². The minimum absolute atomic E-state index is 0.00794. The molecule has 0 radical (unpaired) electrons. The van der Waals surface area contributed by atoms with Gasteiger partial charge in [-0.25, -0.2) is 4.79 Å². The molecule has 1 aromatic rings. The SMILES string of the molecule is CC(C)C(=O)O[C@@H]1[C@H](C)OC(=O)[C@H](NC(=O)c2cccc(NC=O)c2O)[C@@H](C)OC(=O)[C@@H]1C. The summed E-state index contributed by atoms with van der Waals surface area (Å²) in [5.74, 6) is -5.01. The highest BCUT2D eigenvalue weighted by Gasteiger charge is 2.42. The highest BCUT2D eigenvalue weighted by Crippen LogP contribution is 2.27. The molecular formula is C22H28N2O9. The minimum atomic E-state index is -1.42. The molecule has 11 heteroatoms. The fourth-order valence-electron chi connectivity index (χ4n) is 3.18. The first kappa shape index (κ1) is 25.6. The molecule has 11 nitrogen and oxygen atoms in total. The van der Waals surface area contributed by atoms with Crippen LogP contribution >= 0.6 is 0 Å². The van der Waals surface area contributed by atoms with Crippen LogP contribution in [0.3, 0.4) is 0 Å². The predicted molar refractivity (Wildman–Crippen MR) is 114 cm³/mol. The topological polar surface area (TPSA) is 157 Å². The van der Waals surface area contributed by atoms with Gasteiger partial charge >= 0.3 is 17.9 Å². The molecule has 5 atom stereocenters. The van der Waals surface area contributed by atoms with Gasteiger partial charge in [0.2, 0.25) is 6.41 Å². The average Bonchev–Trinajstić information content (AvgIpc) is 2.77. The normalized spacial score (nSPS) is 25.6. The molecule has 0 aliphatic carbocycles. The fraction of sp³-hybridized carbons (Fsp3) is 0.500. The summed E-state index contributed by atoms with van der Waals surface area (Å²) in [5, 5.41) is 14.9. The molecule has 0 unspecified atom stereocenters. The number of phenolic OH excluding ortho intramolecular Hbond substituents is 1. The lowest BCUT2D eigenvalue weighted by Crippen LogP contribution is -2.50. The lowest BCUT2D eigenvalue weighted by molar-refractivity contribution is -0.175. The molecule has 1 fully saturated rings. The summed E-state index contributed by atoms with van der Waals surface area (Å²) in [7, 11) is 0. The van der Waals surface area contributed by atoms with Crippen LogP contribution in [0.15, 0.2) is 18.2 Å². The van der Waals surface area contributed by atoms with E-state index in [-0.39, 0.29) is 11.3 Å². The summed E-state index contributed by atoms with van der Waals surface area (Å²) in [6, 6.07) is 2.66. The van der Waals surface area contributed by atoms with Gasteiger partial charge in [-0.15, -0.1) is 0 Å². The molecule has 0 saturated carbocycles. The fourth-order valence-corrected chi connectivity index (χ4v) is 3.18. The van der Waals surface area contributed by atoms with Gasteiger partial charge in [0, 0.05) is 0 Å². The molecule has 180 valence electrons. The van der Waals surface area contributed by atoms with Crippen LogP contribution in [0.4, 0.5) is 5.69 Å². The average molecular weight is 464 g/mol. The van der Waals surface area contributed by atoms with Gasteiger partial charge in [-0.3, -0.25) is 19.2 Å². The number of para-hydroxylation sites is 1. The Balaban J connectivity index is 2.29. The second-order valence-electron chi connectivity index (χ2n) is 8.04. The Morgan fingerprint density at radius 1 is 1.09 bits per heavy atom. The number of nitrogens with one attached hydrogen (secondary N) is 2. The van der Waals surface area contributed by atoms with Crippen LogP contribution in [0.25, 0.3) is 0 Å². The minimum Gasteiger partial charge on any atom is -0.505 e. The number of aromatic hydroxyl groups is 1. The van der Waals surface area contributed by atoms with Crippen molar-refractivity contribution in [3.63, 3.8) is 0 Å². The molecule has 1 aliphatic rings. The Kier molecular flexibility index (Phi) is 8.38. The van der Waals surface area contributed by atoms with E-state index in [2.05, 4.69) is 10.6 Å². The van der Waals surface area contributed by atoms with E-state index in [1.807, 2.05) is 0 Å².